The number of H-pyrrole nitrogens is 3. The summed E-state index contributed by atoms with van der Waals surface area (Å²) in [4.78, 5) is 19.0. The summed E-state index contributed by atoms with van der Waals surface area (Å²) in [5.74, 6) is -0.0970. The van der Waals surface area contributed by atoms with Crippen LogP contribution >= 0.6 is 0 Å². The van der Waals surface area contributed by atoms with Gasteiger partial charge in [0.25, 0.3) is 0 Å². The van der Waals surface area contributed by atoms with E-state index in [1.165, 1.54) is 0 Å². The molecule has 5 heteroatoms. The summed E-state index contributed by atoms with van der Waals surface area (Å²) >= 11 is 0. The van der Waals surface area contributed by atoms with Crippen molar-refractivity contribution < 1.29 is 5.11 Å². The highest BCUT2D eigenvalue weighted by Crippen LogP contribution is 2.22. The van der Waals surface area contributed by atoms with Crippen LogP contribution in [0.15, 0.2) is 35.3 Å². The van der Waals surface area contributed by atoms with E-state index in [1.807, 2.05) is 30.5 Å². The minimum absolute atomic E-state index is 0.0970. The molecule has 0 saturated heterocycles. The second-order valence-electron chi connectivity index (χ2n) is 3.94. The number of para-hydroxylation sites is 1. The van der Waals surface area contributed by atoms with Crippen LogP contribution in [-0.4, -0.2) is 20.1 Å². The molecule has 0 atom stereocenters. The van der Waals surface area contributed by atoms with Crippen molar-refractivity contribution in [2.75, 3.05) is 0 Å². The zero-order chi connectivity index (χ0) is 11.8. The molecule has 2 aromatic heterocycles. The number of hydrogen-bond donors (Lipinski definition) is 4. The Morgan fingerprint density at radius 1 is 1.18 bits per heavy atom. The van der Waals surface area contributed by atoms with E-state index in [-0.39, 0.29) is 5.88 Å². The minimum atomic E-state index is -0.391. The maximum atomic E-state index is 11.0. The standard InChI is InChI=1S/C12H11N3O2/c16-11-10(14-12(17)15-11)5-7-6-13-9-4-2-1-3-8(7)9/h1-4,6,13,16H,5H2,(H2,14,15,17). The largest absolute Gasteiger partial charge is 0.493 e. The molecule has 1 aromatic carbocycles. The Morgan fingerprint density at radius 2 is 2.00 bits per heavy atom. The molecule has 0 fully saturated rings. The van der Waals surface area contributed by atoms with Gasteiger partial charge >= 0.3 is 5.69 Å². The van der Waals surface area contributed by atoms with Gasteiger partial charge in [-0.1, -0.05) is 18.2 Å². The molecule has 3 aromatic rings. The Bertz CT molecular complexity index is 721. The molecular formula is C12H11N3O2. The number of rotatable bonds is 2. The van der Waals surface area contributed by atoms with Crippen LogP contribution in [0.2, 0.25) is 0 Å². The van der Waals surface area contributed by atoms with Crippen LogP contribution < -0.4 is 5.69 Å². The molecule has 3 rings (SSSR count). The van der Waals surface area contributed by atoms with Crippen molar-refractivity contribution in [1.29, 1.82) is 0 Å². The smallest absolute Gasteiger partial charge is 0.325 e. The molecule has 0 radical (unpaired) electrons. The fraction of sp³-hybridized carbons (Fsp3) is 0.0833. The van der Waals surface area contributed by atoms with Crippen molar-refractivity contribution in [2.24, 2.45) is 0 Å². The molecule has 0 saturated carbocycles. The Kier molecular flexibility index (Phi) is 2.04. The Balaban J connectivity index is 2.06. The SMILES string of the molecule is O=c1[nH]c(O)c(Cc2c[nH]c3ccccc23)[nH]1. The fourth-order valence-electron chi connectivity index (χ4n) is 2.01. The van der Waals surface area contributed by atoms with E-state index in [1.54, 1.807) is 0 Å². The van der Waals surface area contributed by atoms with Gasteiger partial charge in [0.05, 0.1) is 5.69 Å². The quantitative estimate of drug-likeness (QED) is 0.536. The predicted molar refractivity (Wildman–Crippen MR) is 64.2 cm³/mol. The number of nitrogens with one attached hydrogen (secondary N) is 3. The van der Waals surface area contributed by atoms with Crippen molar-refractivity contribution in [3.8, 4) is 5.88 Å². The molecule has 0 aliphatic heterocycles. The summed E-state index contributed by atoms with van der Waals surface area (Å²) in [6.45, 7) is 0. The zero-order valence-electron chi connectivity index (χ0n) is 8.95. The van der Waals surface area contributed by atoms with Crippen LogP contribution in [0.3, 0.4) is 0 Å². The highest BCUT2D eigenvalue weighted by atomic mass is 16.3. The van der Waals surface area contributed by atoms with Gasteiger partial charge in [0.15, 0.2) is 0 Å². The van der Waals surface area contributed by atoms with Crippen molar-refractivity contribution in [3.63, 3.8) is 0 Å². The third kappa shape index (κ3) is 1.61. The summed E-state index contributed by atoms with van der Waals surface area (Å²) in [6.07, 6.45) is 2.37. The van der Waals surface area contributed by atoms with E-state index >= 15 is 0 Å². The van der Waals surface area contributed by atoms with Gasteiger partial charge in [-0.3, -0.25) is 4.98 Å². The Morgan fingerprint density at radius 3 is 2.76 bits per heavy atom. The van der Waals surface area contributed by atoms with Crippen LogP contribution in [0.5, 0.6) is 5.88 Å². The second kappa shape index (κ2) is 3.55. The highest BCUT2D eigenvalue weighted by Gasteiger charge is 2.09. The van der Waals surface area contributed by atoms with Gasteiger partial charge in [-0.25, -0.2) is 4.79 Å². The molecule has 5 nitrogen and oxygen atoms in total. The Hall–Kier alpha value is -2.43. The molecule has 4 N–H and O–H groups in total. The third-order valence-electron chi connectivity index (χ3n) is 2.82. The van der Waals surface area contributed by atoms with Gasteiger partial charge in [-0.15, -0.1) is 0 Å². The van der Waals surface area contributed by atoms with Crippen LogP contribution in [0.1, 0.15) is 11.3 Å². The normalized spacial score (nSPS) is 11.1. The van der Waals surface area contributed by atoms with Crippen molar-refractivity contribution >= 4 is 10.9 Å². The van der Waals surface area contributed by atoms with Crippen molar-refractivity contribution in [2.45, 2.75) is 6.42 Å². The number of aromatic amines is 3. The van der Waals surface area contributed by atoms with Gasteiger partial charge in [0.2, 0.25) is 5.88 Å². The van der Waals surface area contributed by atoms with E-state index < -0.39 is 5.69 Å². The molecule has 17 heavy (non-hydrogen) atoms. The summed E-state index contributed by atoms with van der Waals surface area (Å²) in [6, 6.07) is 7.90. The number of imidazole rings is 1. The lowest BCUT2D eigenvalue weighted by Gasteiger charge is -1.97. The van der Waals surface area contributed by atoms with Gasteiger partial charge in [-0.05, 0) is 11.6 Å². The number of hydrogen-bond acceptors (Lipinski definition) is 2. The lowest BCUT2D eigenvalue weighted by molar-refractivity contribution is 0.450. The average molecular weight is 229 g/mol. The Labute approximate surface area is 96.1 Å². The van der Waals surface area contributed by atoms with Crippen LogP contribution in [-0.2, 0) is 6.42 Å². The summed E-state index contributed by atoms with van der Waals surface area (Å²) in [5.41, 5.74) is 2.18. The summed E-state index contributed by atoms with van der Waals surface area (Å²) in [7, 11) is 0. The zero-order valence-corrected chi connectivity index (χ0v) is 8.95. The van der Waals surface area contributed by atoms with Gasteiger partial charge in [0, 0.05) is 23.5 Å². The van der Waals surface area contributed by atoms with Crippen LogP contribution in [0.25, 0.3) is 10.9 Å². The lowest BCUT2D eigenvalue weighted by atomic mass is 10.1. The minimum Gasteiger partial charge on any atom is -0.493 e. The molecule has 0 aliphatic carbocycles. The molecule has 0 unspecified atom stereocenters. The molecule has 2 heterocycles. The van der Waals surface area contributed by atoms with E-state index in [0.717, 1.165) is 16.5 Å². The number of fused-ring (bicyclic) bond motifs is 1. The molecule has 0 aliphatic rings. The summed E-state index contributed by atoms with van der Waals surface area (Å²) < 4.78 is 0. The van der Waals surface area contributed by atoms with Crippen molar-refractivity contribution in [1.82, 2.24) is 15.0 Å². The topological polar surface area (TPSA) is 84.7 Å². The first kappa shape index (κ1) is 9.77. The van der Waals surface area contributed by atoms with Gasteiger partial charge in [-0.2, -0.15) is 0 Å². The van der Waals surface area contributed by atoms with E-state index in [4.69, 9.17) is 0 Å². The molecular weight excluding hydrogens is 218 g/mol. The molecule has 0 bridgehead atoms. The molecule has 0 amide bonds. The fourth-order valence-corrected chi connectivity index (χ4v) is 2.01. The first-order chi connectivity index (χ1) is 8.24. The monoisotopic (exact) mass is 229 g/mol. The lowest BCUT2D eigenvalue weighted by Crippen LogP contribution is -2.01. The first-order valence-corrected chi connectivity index (χ1v) is 5.29. The number of aromatic hydroxyl groups is 1. The maximum absolute atomic E-state index is 11.0. The van der Waals surface area contributed by atoms with Crippen LogP contribution in [0, 0.1) is 0 Å². The van der Waals surface area contributed by atoms with Gasteiger partial charge in [0.1, 0.15) is 0 Å². The van der Waals surface area contributed by atoms with E-state index in [0.29, 0.717) is 12.1 Å². The molecule has 86 valence electrons. The predicted octanol–water partition coefficient (Wildman–Crippen LogP) is 1.48. The van der Waals surface area contributed by atoms with E-state index in [9.17, 15) is 9.90 Å². The number of benzene rings is 1. The third-order valence-corrected chi connectivity index (χ3v) is 2.82. The first-order valence-electron chi connectivity index (χ1n) is 5.29. The van der Waals surface area contributed by atoms with Gasteiger partial charge < -0.3 is 15.1 Å². The van der Waals surface area contributed by atoms with Crippen LogP contribution in [0.4, 0.5) is 0 Å². The van der Waals surface area contributed by atoms with Crippen molar-refractivity contribution in [3.05, 3.63) is 52.2 Å². The maximum Gasteiger partial charge on any atom is 0.325 e. The second-order valence-corrected chi connectivity index (χ2v) is 3.94. The highest BCUT2D eigenvalue weighted by molar-refractivity contribution is 5.83. The average Bonchev–Trinajstić information content (AvgIpc) is 2.85. The number of aromatic nitrogens is 3. The van der Waals surface area contributed by atoms with E-state index in [2.05, 4.69) is 15.0 Å². The summed E-state index contributed by atoms with van der Waals surface area (Å²) in [5, 5.41) is 10.6. The molecule has 0 spiro atoms.